The Morgan fingerprint density at radius 1 is 1.50 bits per heavy atom. The second-order valence-corrected chi connectivity index (χ2v) is 5.76. The third-order valence-electron chi connectivity index (χ3n) is 2.54. The summed E-state index contributed by atoms with van der Waals surface area (Å²) >= 11 is 5.01. The number of anilines is 1. The van der Waals surface area contributed by atoms with Crippen LogP contribution in [-0.4, -0.2) is 35.2 Å². The molecule has 1 atom stereocenters. The summed E-state index contributed by atoms with van der Waals surface area (Å²) in [6.07, 6.45) is 0. The molecule has 1 aromatic rings. The summed E-state index contributed by atoms with van der Waals surface area (Å²) in [6.45, 7) is 1.47. The van der Waals surface area contributed by atoms with Crippen molar-refractivity contribution < 1.29 is 9.90 Å². The summed E-state index contributed by atoms with van der Waals surface area (Å²) in [5, 5.41) is 8.69. The molecule has 0 bridgehead atoms. The molecule has 1 aromatic carbocycles. The highest BCUT2D eigenvalue weighted by molar-refractivity contribution is 9.10. The minimum absolute atomic E-state index is 0.319. The molecule has 1 heterocycles. The number of carbonyl (C=O) groups is 1. The van der Waals surface area contributed by atoms with E-state index >= 15 is 0 Å². The van der Waals surface area contributed by atoms with E-state index in [0.29, 0.717) is 6.54 Å². The lowest BCUT2D eigenvalue weighted by Crippen LogP contribution is -2.41. The van der Waals surface area contributed by atoms with E-state index < -0.39 is 5.97 Å². The fraction of sp³-hybridized carbons (Fsp3) is 0.364. The summed E-state index contributed by atoms with van der Waals surface area (Å²) in [5.74, 6) is 0.139. The Kier molecular flexibility index (Phi) is 3.76. The van der Waals surface area contributed by atoms with E-state index in [-0.39, 0.29) is 5.25 Å². The summed E-state index contributed by atoms with van der Waals surface area (Å²) in [7, 11) is 0. The smallest absolute Gasteiger partial charge is 0.318 e. The highest BCUT2D eigenvalue weighted by Crippen LogP contribution is 2.29. The van der Waals surface area contributed by atoms with Crippen molar-refractivity contribution in [3.8, 4) is 0 Å². The van der Waals surface area contributed by atoms with Gasteiger partial charge in [-0.1, -0.05) is 12.1 Å². The van der Waals surface area contributed by atoms with Gasteiger partial charge < -0.3 is 10.0 Å². The first-order valence-electron chi connectivity index (χ1n) is 5.02. The standard InChI is InChI=1S/C11H12BrNO2S/c12-8-3-1-2-4-9(8)13-5-6-16-10(7-13)11(14)15/h1-4,10H,5-7H2,(H,14,15). The van der Waals surface area contributed by atoms with Gasteiger partial charge in [0.1, 0.15) is 5.25 Å². The molecule has 16 heavy (non-hydrogen) atoms. The molecular formula is C11H12BrNO2S. The van der Waals surface area contributed by atoms with E-state index in [1.165, 1.54) is 11.8 Å². The van der Waals surface area contributed by atoms with Crippen molar-refractivity contribution >= 4 is 39.3 Å². The lowest BCUT2D eigenvalue weighted by atomic mass is 10.2. The Labute approximate surface area is 107 Å². The Balaban J connectivity index is 2.16. The minimum Gasteiger partial charge on any atom is -0.480 e. The van der Waals surface area contributed by atoms with Crippen LogP contribution < -0.4 is 4.90 Å². The van der Waals surface area contributed by atoms with Crippen molar-refractivity contribution in [1.29, 1.82) is 0 Å². The molecule has 0 saturated carbocycles. The van der Waals surface area contributed by atoms with Gasteiger partial charge in [-0.15, -0.1) is 11.8 Å². The third kappa shape index (κ3) is 2.52. The van der Waals surface area contributed by atoms with Gasteiger partial charge in [-0.25, -0.2) is 0 Å². The number of para-hydroxylation sites is 1. The van der Waals surface area contributed by atoms with Crippen LogP contribution in [-0.2, 0) is 4.79 Å². The van der Waals surface area contributed by atoms with Gasteiger partial charge in [-0.05, 0) is 28.1 Å². The first-order chi connectivity index (χ1) is 7.68. The molecule has 0 amide bonds. The van der Waals surface area contributed by atoms with Crippen LogP contribution in [0, 0.1) is 0 Å². The van der Waals surface area contributed by atoms with Crippen molar-refractivity contribution in [3.63, 3.8) is 0 Å². The molecule has 3 nitrogen and oxygen atoms in total. The number of rotatable bonds is 2. The van der Waals surface area contributed by atoms with Gasteiger partial charge in [0, 0.05) is 23.3 Å². The summed E-state index contributed by atoms with van der Waals surface area (Å²) in [6, 6.07) is 7.92. The van der Waals surface area contributed by atoms with Crippen molar-refractivity contribution in [2.75, 3.05) is 23.7 Å². The topological polar surface area (TPSA) is 40.5 Å². The number of carboxylic acid groups (broad SMARTS) is 1. The fourth-order valence-electron chi connectivity index (χ4n) is 1.73. The van der Waals surface area contributed by atoms with Gasteiger partial charge >= 0.3 is 5.97 Å². The number of benzene rings is 1. The molecule has 1 N–H and O–H groups in total. The van der Waals surface area contributed by atoms with E-state index in [1.54, 1.807) is 0 Å². The molecule has 2 rings (SSSR count). The number of aliphatic carboxylic acids is 1. The van der Waals surface area contributed by atoms with Crippen LogP contribution in [0.15, 0.2) is 28.7 Å². The number of hydrogen-bond donors (Lipinski definition) is 1. The van der Waals surface area contributed by atoms with Crippen molar-refractivity contribution in [1.82, 2.24) is 0 Å². The molecule has 0 aromatic heterocycles. The average molecular weight is 302 g/mol. The number of carboxylic acids is 1. The van der Waals surface area contributed by atoms with Crippen molar-refractivity contribution in [2.45, 2.75) is 5.25 Å². The van der Waals surface area contributed by atoms with Crippen LogP contribution in [0.4, 0.5) is 5.69 Å². The Morgan fingerprint density at radius 2 is 2.25 bits per heavy atom. The summed E-state index contributed by atoms with van der Waals surface area (Å²) in [5.41, 5.74) is 1.08. The zero-order valence-corrected chi connectivity index (χ0v) is 11.0. The van der Waals surface area contributed by atoms with Gasteiger partial charge in [0.2, 0.25) is 0 Å². The number of hydrogen-bond acceptors (Lipinski definition) is 3. The first kappa shape index (κ1) is 11.8. The molecule has 1 aliphatic rings. The van der Waals surface area contributed by atoms with Gasteiger partial charge in [0.15, 0.2) is 0 Å². The lowest BCUT2D eigenvalue weighted by molar-refractivity contribution is -0.136. The van der Waals surface area contributed by atoms with Gasteiger partial charge in [-0.2, -0.15) is 0 Å². The lowest BCUT2D eigenvalue weighted by Gasteiger charge is -2.32. The van der Waals surface area contributed by atoms with Crippen molar-refractivity contribution in [2.24, 2.45) is 0 Å². The molecular weight excluding hydrogens is 290 g/mol. The first-order valence-corrected chi connectivity index (χ1v) is 6.86. The number of nitrogens with zero attached hydrogens (tertiary/aromatic N) is 1. The monoisotopic (exact) mass is 301 g/mol. The quantitative estimate of drug-likeness (QED) is 0.911. The molecule has 1 fully saturated rings. The van der Waals surface area contributed by atoms with Crippen LogP contribution in [0.3, 0.4) is 0 Å². The molecule has 1 unspecified atom stereocenters. The van der Waals surface area contributed by atoms with Crippen LogP contribution in [0.5, 0.6) is 0 Å². The molecule has 0 radical (unpaired) electrons. The predicted molar refractivity (Wildman–Crippen MR) is 70.2 cm³/mol. The fourth-order valence-corrected chi connectivity index (χ4v) is 3.30. The average Bonchev–Trinajstić information content (AvgIpc) is 2.30. The maximum absolute atomic E-state index is 11.0. The normalized spacial score (nSPS) is 20.8. The molecule has 1 saturated heterocycles. The van der Waals surface area contributed by atoms with E-state index in [1.807, 2.05) is 24.3 Å². The number of halogens is 1. The summed E-state index contributed by atoms with van der Waals surface area (Å²) in [4.78, 5) is 13.1. The zero-order valence-electron chi connectivity index (χ0n) is 8.60. The second-order valence-electron chi connectivity index (χ2n) is 3.60. The van der Waals surface area contributed by atoms with Crippen LogP contribution in [0.1, 0.15) is 0 Å². The Bertz CT molecular complexity index is 399. The van der Waals surface area contributed by atoms with Crippen LogP contribution in [0.2, 0.25) is 0 Å². The highest BCUT2D eigenvalue weighted by atomic mass is 79.9. The van der Waals surface area contributed by atoms with Crippen LogP contribution in [0.25, 0.3) is 0 Å². The van der Waals surface area contributed by atoms with Gasteiger partial charge in [0.25, 0.3) is 0 Å². The van der Waals surface area contributed by atoms with Crippen LogP contribution >= 0.6 is 27.7 Å². The minimum atomic E-state index is -0.721. The third-order valence-corrected chi connectivity index (χ3v) is 4.38. The molecule has 0 spiro atoms. The molecule has 5 heteroatoms. The summed E-state index contributed by atoms with van der Waals surface area (Å²) < 4.78 is 1.02. The highest BCUT2D eigenvalue weighted by Gasteiger charge is 2.26. The second kappa shape index (κ2) is 5.10. The van der Waals surface area contributed by atoms with Crippen molar-refractivity contribution in [3.05, 3.63) is 28.7 Å². The van der Waals surface area contributed by atoms with E-state index in [9.17, 15) is 4.79 Å². The molecule has 86 valence electrons. The Morgan fingerprint density at radius 3 is 2.94 bits per heavy atom. The van der Waals surface area contributed by atoms with E-state index in [4.69, 9.17) is 5.11 Å². The van der Waals surface area contributed by atoms with E-state index in [0.717, 1.165) is 22.5 Å². The maximum atomic E-state index is 11.0. The molecule has 1 aliphatic heterocycles. The maximum Gasteiger partial charge on any atom is 0.318 e. The zero-order chi connectivity index (χ0) is 11.5. The largest absolute Gasteiger partial charge is 0.480 e. The Hall–Kier alpha value is -0.680. The number of thioether (sulfide) groups is 1. The predicted octanol–water partition coefficient (Wildman–Crippen LogP) is 2.46. The molecule has 0 aliphatic carbocycles. The van der Waals surface area contributed by atoms with Gasteiger partial charge in [0.05, 0.1) is 5.69 Å². The van der Waals surface area contributed by atoms with Gasteiger partial charge in [-0.3, -0.25) is 4.79 Å². The SMILES string of the molecule is O=C(O)C1CN(c2ccccc2Br)CCS1. The van der Waals surface area contributed by atoms with E-state index in [2.05, 4.69) is 20.8 Å².